The van der Waals surface area contributed by atoms with Gasteiger partial charge in [0.1, 0.15) is 11.6 Å². The molecule has 0 aliphatic carbocycles. The summed E-state index contributed by atoms with van der Waals surface area (Å²) in [4.78, 5) is 24.2. The van der Waals surface area contributed by atoms with Gasteiger partial charge in [0.25, 0.3) is 15.9 Å². The minimum Gasteiger partial charge on any atom is -0.452 e. The molecule has 1 N–H and O–H groups in total. The fourth-order valence-corrected chi connectivity index (χ4v) is 5.01. The van der Waals surface area contributed by atoms with Gasteiger partial charge in [-0.2, -0.15) is 0 Å². The Morgan fingerprint density at radius 2 is 1.79 bits per heavy atom. The number of benzene rings is 3. The molecule has 0 atom stereocenters. The van der Waals surface area contributed by atoms with Gasteiger partial charge in [-0.15, -0.1) is 0 Å². The Morgan fingerprint density at radius 3 is 2.61 bits per heavy atom. The van der Waals surface area contributed by atoms with E-state index >= 15 is 0 Å². The molecular weight excluding hydrogens is 454 g/mol. The summed E-state index contributed by atoms with van der Waals surface area (Å²) >= 11 is 0. The van der Waals surface area contributed by atoms with Crippen LogP contribution in [0.4, 0.5) is 20.2 Å². The smallest absolute Gasteiger partial charge is 0.338 e. The van der Waals surface area contributed by atoms with Crippen molar-refractivity contribution in [2.24, 2.45) is 0 Å². The third-order valence-electron chi connectivity index (χ3n) is 5.04. The van der Waals surface area contributed by atoms with Crippen molar-refractivity contribution in [2.75, 3.05) is 22.8 Å². The largest absolute Gasteiger partial charge is 0.452 e. The highest BCUT2D eigenvalue weighted by Gasteiger charge is 2.31. The van der Waals surface area contributed by atoms with E-state index in [0.717, 1.165) is 23.8 Å². The first kappa shape index (κ1) is 22.4. The molecule has 0 spiro atoms. The summed E-state index contributed by atoms with van der Waals surface area (Å²) in [6.45, 7) is -0.488. The molecule has 0 saturated heterocycles. The van der Waals surface area contributed by atoms with E-state index in [1.807, 2.05) is 12.1 Å². The van der Waals surface area contributed by atoms with Gasteiger partial charge in [-0.3, -0.25) is 9.10 Å². The monoisotopic (exact) mass is 472 g/mol. The average molecular weight is 472 g/mol. The fourth-order valence-electron chi connectivity index (χ4n) is 3.46. The molecule has 1 heterocycles. The number of halogens is 2. The molecule has 3 aromatic carbocycles. The summed E-state index contributed by atoms with van der Waals surface area (Å²) < 4.78 is 59.3. The van der Waals surface area contributed by atoms with Crippen molar-refractivity contribution in [1.29, 1.82) is 0 Å². The first-order chi connectivity index (χ1) is 15.8. The van der Waals surface area contributed by atoms with Crippen LogP contribution < -0.4 is 9.62 Å². The number of fused-ring (bicyclic) bond motifs is 1. The molecule has 4 rings (SSSR count). The lowest BCUT2D eigenvalue weighted by atomic mass is 10.2. The zero-order valence-corrected chi connectivity index (χ0v) is 17.9. The summed E-state index contributed by atoms with van der Waals surface area (Å²) in [7, 11) is -3.92. The molecule has 0 aromatic heterocycles. The van der Waals surface area contributed by atoms with E-state index in [0.29, 0.717) is 12.1 Å². The third kappa shape index (κ3) is 4.70. The van der Waals surface area contributed by atoms with Crippen molar-refractivity contribution in [3.05, 3.63) is 89.5 Å². The molecule has 0 unspecified atom stereocenters. The third-order valence-corrected chi connectivity index (χ3v) is 6.85. The lowest BCUT2D eigenvalue weighted by molar-refractivity contribution is -0.119. The number of hydrogen-bond acceptors (Lipinski definition) is 5. The van der Waals surface area contributed by atoms with E-state index in [1.54, 1.807) is 12.1 Å². The van der Waals surface area contributed by atoms with Crippen LogP contribution in [0.2, 0.25) is 0 Å². The van der Waals surface area contributed by atoms with Crippen LogP contribution in [0.1, 0.15) is 15.9 Å². The lowest BCUT2D eigenvalue weighted by Crippen LogP contribution is -2.29. The molecule has 7 nitrogen and oxygen atoms in total. The Morgan fingerprint density at radius 1 is 1.00 bits per heavy atom. The van der Waals surface area contributed by atoms with Crippen LogP contribution in [0.3, 0.4) is 0 Å². The number of hydrogen-bond donors (Lipinski definition) is 1. The lowest BCUT2D eigenvalue weighted by Gasteiger charge is -2.19. The quantitative estimate of drug-likeness (QED) is 0.555. The highest BCUT2D eigenvalue weighted by atomic mass is 32.2. The number of rotatable bonds is 6. The van der Waals surface area contributed by atoms with Gasteiger partial charge in [0, 0.05) is 12.6 Å². The minimum atomic E-state index is -3.92. The molecule has 10 heteroatoms. The van der Waals surface area contributed by atoms with Gasteiger partial charge < -0.3 is 10.1 Å². The van der Waals surface area contributed by atoms with Gasteiger partial charge in [-0.25, -0.2) is 22.0 Å². The van der Waals surface area contributed by atoms with E-state index in [2.05, 4.69) is 5.32 Å². The van der Waals surface area contributed by atoms with Gasteiger partial charge in [0.15, 0.2) is 6.61 Å². The van der Waals surface area contributed by atoms with Crippen LogP contribution in [0.25, 0.3) is 0 Å². The van der Waals surface area contributed by atoms with Gasteiger partial charge >= 0.3 is 5.97 Å². The van der Waals surface area contributed by atoms with Crippen molar-refractivity contribution in [3.63, 3.8) is 0 Å². The number of nitrogens with zero attached hydrogens (tertiary/aromatic N) is 1. The fraction of sp³-hybridized carbons (Fsp3) is 0.130. The number of amides is 1. The Labute approximate surface area is 188 Å². The Kier molecular flexibility index (Phi) is 6.10. The second-order valence-corrected chi connectivity index (χ2v) is 9.09. The number of sulfonamides is 1. The van der Waals surface area contributed by atoms with Crippen molar-refractivity contribution in [3.8, 4) is 0 Å². The number of para-hydroxylation sites is 1. The highest BCUT2D eigenvalue weighted by Crippen LogP contribution is 2.32. The Bertz CT molecular complexity index is 1340. The van der Waals surface area contributed by atoms with Crippen molar-refractivity contribution < 1.29 is 31.5 Å². The van der Waals surface area contributed by atoms with Gasteiger partial charge in [-0.1, -0.05) is 24.3 Å². The molecule has 0 bridgehead atoms. The Hall–Kier alpha value is -3.79. The van der Waals surface area contributed by atoms with Crippen LogP contribution in [0, 0.1) is 11.6 Å². The van der Waals surface area contributed by atoms with Gasteiger partial charge in [0.05, 0.1) is 21.8 Å². The summed E-state index contributed by atoms with van der Waals surface area (Å²) in [6.07, 6.45) is 0.582. The number of anilines is 2. The molecule has 33 heavy (non-hydrogen) atoms. The average Bonchev–Trinajstić information content (AvgIpc) is 3.25. The number of nitrogens with one attached hydrogen (secondary N) is 1. The first-order valence-electron chi connectivity index (χ1n) is 9.88. The molecule has 3 aromatic rings. The van der Waals surface area contributed by atoms with Gasteiger partial charge in [0.2, 0.25) is 0 Å². The van der Waals surface area contributed by atoms with E-state index in [1.165, 1.54) is 28.6 Å². The van der Waals surface area contributed by atoms with Crippen LogP contribution in [-0.4, -0.2) is 33.4 Å². The summed E-state index contributed by atoms with van der Waals surface area (Å²) in [5.41, 5.74) is 1.03. The van der Waals surface area contributed by atoms with Crippen molar-refractivity contribution in [1.82, 2.24) is 0 Å². The topological polar surface area (TPSA) is 92.8 Å². The molecule has 1 aliphatic heterocycles. The standard InChI is InChI=1S/C23H18F2N2O5S/c24-17-8-9-19(25)20(13-17)26-22(28)14-32-23(29)16-5-3-6-18(12-16)33(30,31)27-11-10-15-4-1-2-7-21(15)27/h1-9,12-13H,10-11,14H2,(H,26,28). The summed E-state index contributed by atoms with van der Waals surface area (Å²) in [6, 6.07) is 15.0. The molecular formula is C23H18F2N2O5S. The molecule has 1 amide bonds. The molecule has 170 valence electrons. The number of ether oxygens (including phenoxy) is 1. The predicted molar refractivity (Wildman–Crippen MR) is 116 cm³/mol. The highest BCUT2D eigenvalue weighted by molar-refractivity contribution is 7.92. The zero-order chi connectivity index (χ0) is 23.6. The van der Waals surface area contributed by atoms with Crippen molar-refractivity contribution in [2.45, 2.75) is 11.3 Å². The number of carbonyl (C=O) groups is 2. The maximum absolute atomic E-state index is 13.6. The second-order valence-electron chi connectivity index (χ2n) is 7.23. The maximum atomic E-state index is 13.6. The zero-order valence-electron chi connectivity index (χ0n) is 17.1. The van der Waals surface area contributed by atoms with E-state index in [9.17, 15) is 26.8 Å². The maximum Gasteiger partial charge on any atom is 0.338 e. The van der Waals surface area contributed by atoms with Crippen LogP contribution >= 0.6 is 0 Å². The SMILES string of the molecule is O=C(COC(=O)c1cccc(S(=O)(=O)N2CCc3ccccc32)c1)Nc1cc(F)ccc1F. The molecule has 0 fully saturated rings. The van der Waals surface area contributed by atoms with Crippen LogP contribution in [-0.2, 0) is 26.0 Å². The van der Waals surface area contributed by atoms with Crippen LogP contribution in [0.15, 0.2) is 71.6 Å². The van der Waals surface area contributed by atoms with Crippen LogP contribution in [0.5, 0.6) is 0 Å². The second kappa shape index (κ2) is 8.99. The summed E-state index contributed by atoms with van der Waals surface area (Å²) in [5.74, 6) is -3.42. The Balaban J connectivity index is 1.45. The van der Waals surface area contributed by atoms with E-state index in [-0.39, 0.29) is 17.0 Å². The summed E-state index contributed by atoms with van der Waals surface area (Å²) in [5, 5.41) is 2.11. The number of carbonyl (C=O) groups excluding carboxylic acids is 2. The normalized spacial score (nSPS) is 12.8. The van der Waals surface area contributed by atoms with Crippen molar-refractivity contribution >= 4 is 33.3 Å². The van der Waals surface area contributed by atoms with E-state index in [4.69, 9.17) is 4.74 Å². The van der Waals surface area contributed by atoms with E-state index < -0.39 is 45.8 Å². The van der Waals surface area contributed by atoms with Gasteiger partial charge in [-0.05, 0) is 48.4 Å². The number of esters is 1. The molecule has 1 aliphatic rings. The molecule has 0 saturated carbocycles. The first-order valence-corrected chi connectivity index (χ1v) is 11.3. The minimum absolute atomic E-state index is 0.0757. The molecule has 0 radical (unpaired) electrons. The predicted octanol–water partition coefficient (Wildman–Crippen LogP) is 3.51.